The number of hydrogen-bond acceptors (Lipinski definition) is 8. The highest BCUT2D eigenvalue weighted by atomic mass is 32.1. The summed E-state index contributed by atoms with van der Waals surface area (Å²) in [4.78, 5) is 20.8. The Balaban J connectivity index is 1.34. The summed E-state index contributed by atoms with van der Waals surface area (Å²) in [5, 5.41) is 3.43. The van der Waals surface area contributed by atoms with Crippen molar-refractivity contribution in [1.82, 2.24) is 19.9 Å². The standard InChI is InChI=1S/C18H26N6OS/c1-2-18-21-15(13-26-18)12-22-3-5-23(6-4-22)16-11-17(20-14-19-16)24-7-9-25-10-8-24/h11,13-14H,2-10,12H2,1H3. The Bertz CT molecular complexity index is 709. The van der Waals surface area contributed by atoms with E-state index in [4.69, 9.17) is 9.72 Å². The molecule has 0 amide bonds. The van der Waals surface area contributed by atoms with Gasteiger partial charge in [-0.2, -0.15) is 0 Å². The van der Waals surface area contributed by atoms with Crippen LogP contribution in [0.3, 0.4) is 0 Å². The Morgan fingerprint density at radius 3 is 2.35 bits per heavy atom. The molecule has 0 bridgehead atoms. The molecule has 8 heteroatoms. The predicted octanol–water partition coefficient (Wildman–Crippen LogP) is 1.65. The molecular formula is C18H26N6OS. The fraction of sp³-hybridized carbons (Fsp3) is 0.611. The van der Waals surface area contributed by atoms with Gasteiger partial charge in [0, 0.05) is 57.3 Å². The zero-order chi connectivity index (χ0) is 17.8. The van der Waals surface area contributed by atoms with Gasteiger partial charge in [-0.05, 0) is 6.42 Å². The van der Waals surface area contributed by atoms with Gasteiger partial charge in [0.05, 0.1) is 23.9 Å². The van der Waals surface area contributed by atoms with Crippen LogP contribution in [0, 0.1) is 0 Å². The molecule has 4 heterocycles. The number of nitrogens with zero attached hydrogens (tertiary/aromatic N) is 6. The molecule has 140 valence electrons. The van der Waals surface area contributed by atoms with Crippen LogP contribution in [0.2, 0.25) is 0 Å². The number of anilines is 2. The van der Waals surface area contributed by atoms with Crippen molar-refractivity contribution < 1.29 is 4.74 Å². The third-order valence-corrected chi connectivity index (χ3v) is 6.00. The van der Waals surface area contributed by atoms with Crippen molar-refractivity contribution in [2.45, 2.75) is 19.9 Å². The highest BCUT2D eigenvalue weighted by Crippen LogP contribution is 2.20. The first-order valence-corrected chi connectivity index (χ1v) is 10.2. The molecule has 0 spiro atoms. The molecule has 7 nitrogen and oxygen atoms in total. The first-order chi connectivity index (χ1) is 12.8. The van der Waals surface area contributed by atoms with Gasteiger partial charge < -0.3 is 14.5 Å². The van der Waals surface area contributed by atoms with E-state index in [2.05, 4.69) is 43.0 Å². The van der Waals surface area contributed by atoms with Crippen LogP contribution in [-0.2, 0) is 17.7 Å². The number of thiazole rings is 1. The smallest absolute Gasteiger partial charge is 0.134 e. The molecule has 26 heavy (non-hydrogen) atoms. The first kappa shape index (κ1) is 17.6. The van der Waals surface area contributed by atoms with Crippen molar-refractivity contribution in [3.05, 3.63) is 28.5 Å². The van der Waals surface area contributed by atoms with Gasteiger partial charge in [-0.15, -0.1) is 11.3 Å². The molecule has 0 atom stereocenters. The van der Waals surface area contributed by atoms with Crippen molar-refractivity contribution in [3.63, 3.8) is 0 Å². The van der Waals surface area contributed by atoms with E-state index in [9.17, 15) is 0 Å². The predicted molar refractivity (Wildman–Crippen MR) is 104 cm³/mol. The molecule has 2 aromatic heterocycles. The number of piperazine rings is 1. The molecule has 2 fully saturated rings. The van der Waals surface area contributed by atoms with Crippen LogP contribution >= 0.6 is 11.3 Å². The van der Waals surface area contributed by atoms with Crippen LogP contribution in [0.1, 0.15) is 17.6 Å². The molecule has 0 saturated carbocycles. The van der Waals surface area contributed by atoms with Gasteiger partial charge in [0.15, 0.2) is 0 Å². The molecular weight excluding hydrogens is 348 g/mol. The maximum atomic E-state index is 5.43. The molecule has 2 aliphatic rings. The van der Waals surface area contributed by atoms with E-state index in [1.165, 1.54) is 10.7 Å². The van der Waals surface area contributed by atoms with Crippen molar-refractivity contribution in [2.75, 3.05) is 62.3 Å². The average molecular weight is 375 g/mol. The Labute approximate surface area is 158 Å². The van der Waals surface area contributed by atoms with Gasteiger partial charge in [-0.3, -0.25) is 4.90 Å². The van der Waals surface area contributed by atoms with Gasteiger partial charge >= 0.3 is 0 Å². The summed E-state index contributed by atoms with van der Waals surface area (Å²) in [6.07, 6.45) is 2.71. The Morgan fingerprint density at radius 2 is 1.69 bits per heavy atom. The molecule has 0 N–H and O–H groups in total. The molecule has 0 aromatic carbocycles. The number of hydrogen-bond donors (Lipinski definition) is 0. The van der Waals surface area contributed by atoms with Crippen LogP contribution in [0.25, 0.3) is 0 Å². The van der Waals surface area contributed by atoms with Crippen molar-refractivity contribution >= 4 is 23.0 Å². The third kappa shape index (κ3) is 4.13. The van der Waals surface area contributed by atoms with Crippen molar-refractivity contribution in [2.24, 2.45) is 0 Å². The summed E-state index contributed by atoms with van der Waals surface area (Å²) in [6, 6.07) is 2.12. The topological polar surface area (TPSA) is 57.6 Å². The number of rotatable bonds is 5. The quantitative estimate of drug-likeness (QED) is 0.789. The lowest BCUT2D eigenvalue weighted by atomic mass is 10.3. The van der Waals surface area contributed by atoms with Gasteiger partial charge in [0.2, 0.25) is 0 Å². The van der Waals surface area contributed by atoms with Crippen LogP contribution in [-0.4, -0.2) is 72.3 Å². The zero-order valence-electron chi connectivity index (χ0n) is 15.3. The minimum Gasteiger partial charge on any atom is -0.378 e. The lowest BCUT2D eigenvalue weighted by molar-refractivity contribution is 0.122. The van der Waals surface area contributed by atoms with E-state index in [0.717, 1.165) is 77.1 Å². The third-order valence-electron chi connectivity index (χ3n) is 4.96. The highest BCUT2D eigenvalue weighted by Gasteiger charge is 2.20. The minimum absolute atomic E-state index is 0.772. The van der Waals surface area contributed by atoms with Crippen molar-refractivity contribution in [3.8, 4) is 0 Å². The number of ether oxygens (including phenoxy) is 1. The fourth-order valence-corrected chi connectivity index (χ4v) is 4.16. The van der Waals surface area contributed by atoms with Gasteiger partial charge in [-0.25, -0.2) is 15.0 Å². The Morgan fingerprint density at radius 1 is 1.00 bits per heavy atom. The van der Waals surface area contributed by atoms with E-state index in [1.807, 2.05) is 0 Å². The van der Waals surface area contributed by atoms with E-state index in [-0.39, 0.29) is 0 Å². The van der Waals surface area contributed by atoms with E-state index in [0.29, 0.717) is 0 Å². The maximum Gasteiger partial charge on any atom is 0.134 e. The highest BCUT2D eigenvalue weighted by molar-refractivity contribution is 7.09. The molecule has 4 rings (SSSR count). The molecule has 2 saturated heterocycles. The SMILES string of the molecule is CCc1nc(CN2CCN(c3cc(N4CCOCC4)ncn3)CC2)cs1. The van der Waals surface area contributed by atoms with E-state index >= 15 is 0 Å². The summed E-state index contributed by atoms with van der Waals surface area (Å²) in [5.74, 6) is 2.04. The zero-order valence-corrected chi connectivity index (χ0v) is 16.1. The largest absolute Gasteiger partial charge is 0.378 e. The number of aromatic nitrogens is 3. The lowest BCUT2D eigenvalue weighted by Crippen LogP contribution is -2.46. The Hall–Kier alpha value is -1.77. The summed E-state index contributed by atoms with van der Waals surface area (Å²) in [5.41, 5.74) is 1.21. The summed E-state index contributed by atoms with van der Waals surface area (Å²) in [6.45, 7) is 10.5. The summed E-state index contributed by atoms with van der Waals surface area (Å²) < 4.78 is 5.43. The average Bonchev–Trinajstić information content (AvgIpc) is 3.17. The molecule has 0 unspecified atom stereocenters. The lowest BCUT2D eigenvalue weighted by Gasteiger charge is -2.35. The van der Waals surface area contributed by atoms with Crippen LogP contribution < -0.4 is 9.80 Å². The van der Waals surface area contributed by atoms with Crippen LogP contribution in [0.4, 0.5) is 11.6 Å². The van der Waals surface area contributed by atoms with Gasteiger partial charge in [-0.1, -0.05) is 6.92 Å². The second kappa shape index (κ2) is 8.28. The van der Waals surface area contributed by atoms with Crippen molar-refractivity contribution in [1.29, 1.82) is 0 Å². The number of aryl methyl sites for hydroxylation is 1. The summed E-state index contributed by atoms with van der Waals surface area (Å²) in [7, 11) is 0. The van der Waals surface area contributed by atoms with Crippen LogP contribution in [0.15, 0.2) is 17.8 Å². The minimum atomic E-state index is 0.772. The normalized spacial score (nSPS) is 19.1. The van der Waals surface area contributed by atoms with E-state index in [1.54, 1.807) is 17.7 Å². The number of morpholine rings is 1. The Kier molecular flexibility index (Phi) is 5.62. The van der Waals surface area contributed by atoms with Gasteiger partial charge in [0.1, 0.15) is 18.0 Å². The molecule has 2 aromatic rings. The maximum absolute atomic E-state index is 5.43. The first-order valence-electron chi connectivity index (χ1n) is 9.37. The van der Waals surface area contributed by atoms with Crippen LogP contribution in [0.5, 0.6) is 0 Å². The molecule has 2 aliphatic heterocycles. The second-order valence-corrected chi connectivity index (χ2v) is 7.63. The summed E-state index contributed by atoms with van der Waals surface area (Å²) >= 11 is 1.77. The van der Waals surface area contributed by atoms with E-state index < -0.39 is 0 Å². The second-order valence-electron chi connectivity index (χ2n) is 6.68. The molecule has 0 radical (unpaired) electrons. The monoisotopic (exact) mass is 374 g/mol. The fourth-order valence-electron chi connectivity index (χ4n) is 3.42. The molecule has 0 aliphatic carbocycles. The van der Waals surface area contributed by atoms with Gasteiger partial charge in [0.25, 0.3) is 0 Å².